The van der Waals surface area contributed by atoms with Gasteiger partial charge >= 0.3 is 0 Å². The summed E-state index contributed by atoms with van der Waals surface area (Å²) in [5.74, 6) is 1.81. The maximum atomic E-state index is 12.8. The van der Waals surface area contributed by atoms with Crippen LogP contribution in [0.3, 0.4) is 0 Å². The molecule has 1 saturated heterocycles. The molecule has 1 aliphatic carbocycles. The van der Waals surface area contributed by atoms with Crippen LogP contribution in [-0.2, 0) is 11.8 Å². The normalized spacial score (nSPS) is 27.4. The van der Waals surface area contributed by atoms with E-state index in [0.717, 1.165) is 31.4 Å². The van der Waals surface area contributed by atoms with Crippen LogP contribution < -0.4 is 0 Å². The van der Waals surface area contributed by atoms with Gasteiger partial charge in [-0.1, -0.05) is 5.16 Å². The first-order chi connectivity index (χ1) is 10.6. The van der Waals surface area contributed by atoms with Gasteiger partial charge in [0.25, 0.3) is 0 Å². The Morgan fingerprint density at radius 1 is 1.45 bits per heavy atom. The third-order valence-corrected chi connectivity index (χ3v) is 4.64. The Labute approximate surface area is 128 Å². The predicted molar refractivity (Wildman–Crippen MR) is 76.8 cm³/mol. The average Bonchev–Trinajstić information content (AvgIpc) is 2.85. The third-order valence-electron chi connectivity index (χ3n) is 4.64. The first-order valence-electron chi connectivity index (χ1n) is 7.72. The van der Waals surface area contributed by atoms with Crippen molar-refractivity contribution in [3.8, 4) is 0 Å². The summed E-state index contributed by atoms with van der Waals surface area (Å²) in [5, 5.41) is 8.19. The van der Waals surface area contributed by atoms with Crippen LogP contribution in [0.4, 0.5) is 0 Å². The maximum absolute atomic E-state index is 12.8. The van der Waals surface area contributed by atoms with Crippen molar-refractivity contribution in [2.75, 3.05) is 6.54 Å². The zero-order valence-corrected chi connectivity index (χ0v) is 12.8. The van der Waals surface area contributed by atoms with E-state index in [4.69, 9.17) is 4.52 Å². The zero-order valence-electron chi connectivity index (χ0n) is 12.8. The Kier molecular flexibility index (Phi) is 3.02. The molecule has 7 nitrogen and oxygen atoms in total. The van der Waals surface area contributed by atoms with Gasteiger partial charge in [0.1, 0.15) is 0 Å². The van der Waals surface area contributed by atoms with Gasteiger partial charge in [0.05, 0.1) is 12.2 Å². The highest BCUT2D eigenvalue weighted by molar-refractivity contribution is 5.83. The quantitative estimate of drug-likeness (QED) is 0.860. The van der Waals surface area contributed by atoms with Gasteiger partial charge in [-0.15, -0.1) is 0 Å². The molecule has 3 heterocycles. The van der Waals surface area contributed by atoms with E-state index < -0.39 is 0 Å². The fourth-order valence-corrected chi connectivity index (χ4v) is 3.43. The topological polar surface area (TPSA) is 77.1 Å². The molecule has 3 atom stereocenters. The lowest BCUT2D eigenvalue weighted by Crippen LogP contribution is -2.32. The van der Waals surface area contributed by atoms with E-state index in [2.05, 4.69) is 15.2 Å². The Morgan fingerprint density at radius 3 is 3.00 bits per heavy atom. The summed E-state index contributed by atoms with van der Waals surface area (Å²) < 4.78 is 6.85. The SMILES string of the molecule is Cc1nc([C@@H]2CCCN2C(=O)[C@H]2C[C@H]2c2cnn(C)c2)no1. The van der Waals surface area contributed by atoms with Crippen molar-refractivity contribution >= 4 is 5.91 Å². The summed E-state index contributed by atoms with van der Waals surface area (Å²) in [6.07, 6.45) is 6.69. The van der Waals surface area contributed by atoms with E-state index >= 15 is 0 Å². The summed E-state index contributed by atoms with van der Waals surface area (Å²) in [7, 11) is 1.90. The van der Waals surface area contributed by atoms with Crippen LogP contribution in [-0.4, -0.2) is 37.3 Å². The molecule has 2 aromatic rings. The minimum atomic E-state index is -0.0277. The van der Waals surface area contributed by atoms with Gasteiger partial charge in [0, 0.05) is 32.6 Å². The number of carbonyl (C=O) groups is 1. The van der Waals surface area contributed by atoms with Gasteiger partial charge < -0.3 is 9.42 Å². The van der Waals surface area contributed by atoms with Crippen LogP contribution in [0.1, 0.15) is 48.5 Å². The largest absolute Gasteiger partial charge is 0.340 e. The number of amides is 1. The van der Waals surface area contributed by atoms with Crippen LogP contribution in [0.5, 0.6) is 0 Å². The highest BCUT2D eigenvalue weighted by Crippen LogP contribution is 2.49. The second kappa shape index (κ2) is 4.93. The molecule has 22 heavy (non-hydrogen) atoms. The van der Waals surface area contributed by atoms with Crippen LogP contribution in [0.25, 0.3) is 0 Å². The molecule has 4 rings (SSSR count). The number of aryl methyl sites for hydroxylation is 2. The summed E-state index contributed by atoms with van der Waals surface area (Å²) in [6.45, 7) is 2.56. The number of hydrogen-bond acceptors (Lipinski definition) is 5. The maximum Gasteiger partial charge on any atom is 0.226 e. The fourth-order valence-electron chi connectivity index (χ4n) is 3.43. The molecule has 1 aliphatic heterocycles. The molecule has 1 amide bonds. The monoisotopic (exact) mass is 301 g/mol. The Bertz CT molecular complexity index is 706. The van der Waals surface area contributed by atoms with E-state index in [1.165, 1.54) is 0 Å². The van der Waals surface area contributed by atoms with Crippen LogP contribution in [0.15, 0.2) is 16.9 Å². The molecule has 1 saturated carbocycles. The highest BCUT2D eigenvalue weighted by Gasteiger charge is 2.48. The second-order valence-corrected chi connectivity index (χ2v) is 6.26. The molecule has 116 valence electrons. The van der Waals surface area contributed by atoms with E-state index in [0.29, 0.717) is 17.6 Å². The lowest BCUT2D eigenvalue weighted by molar-refractivity contribution is -0.133. The molecule has 0 spiro atoms. The van der Waals surface area contributed by atoms with Gasteiger partial charge in [-0.3, -0.25) is 9.48 Å². The van der Waals surface area contributed by atoms with Crippen LogP contribution in [0, 0.1) is 12.8 Å². The minimum absolute atomic E-state index is 0.0277. The van der Waals surface area contributed by atoms with Crippen LogP contribution >= 0.6 is 0 Å². The van der Waals surface area contributed by atoms with Crippen molar-refractivity contribution in [2.45, 2.75) is 38.1 Å². The molecule has 0 unspecified atom stereocenters. The van der Waals surface area contributed by atoms with Gasteiger partial charge in [-0.05, 0) is 30.7 Å². The molecular formula is C15H19N5O2. The number of nitrogens with zero attached hydrogens (tertiary/aromatic N) is 5. The summed E-state index contributed by atoms with van der Waals surface area (Å²) in [4.78, 5) is 19.0. The molecule has 2 aromatic heterocycles. The van der Waals surface area contributed by atoms with Crippen molar-refractivity contribution in [1.29, 1.82) is 0 Å². The summed E-state index contributed by atoms with van der Waals surface area (Å²) >= 11 is 0. The molecule has 0 N–H and O–H groups in total. The van der Waals surface area contributed by atoms with Gasteiger partial charge in [-0.25, -0.2) is 0 Å². The number of aromatic nitrogens is 4. The van der Waals surface area contributed by atoms with Gasteiger partial charge in [-0.2, -0.15) is 10.1 Å². The van der Waals surface area contributed by atoms with Crippen molar-refractivity contribution in [3.63, 3.8) is 0 Å². The lowest BCUT2D eigenvalue weighted by atomic mass is 10.1. The van der Waals surface area contributed by atoms with E-state index in [9.17, 15) is 4.79 Å². The van der Waals surface area contributed by atoms with E-state index in [-0.39, 0.29) is 17.9 Å². The molecule has 7 heteroatoms. The van der Waals surface area contributed by atoms with Gasteiger partial charge in [0.15, 0.2) is 5.82 Å². The van der Waals surface area contributed by atoms with Crippen LogP contribution in [0.2, 0.25) is 0 Å². The number of rotatable bonds is 3. The number of hydrogen-bond donors (Lipinski definition) is 0. The van der Waals surface area contributed by atoms with E-state index in [1.807, 2.05) is 24.3 Å². The van der Waals surface area contributed by atoms with Crippen molar-refractivity contribution in [3.05, 3.63) is 29.7 Å². The number of likely N-dealkylation sites (tertiary alicyclic amines) is 1. The Hall–Kier alpha value is -2.18. The van der Waals surface area contributed by atoms with Crippen molar-refractivity contribution < 1.29 is 9.32 Å². The van der Waals surface area contributed by atoms with Gasteiger partial charge in [0.2, 0.25) is 11.8 Å². The highest BCUT2D eigenvalue weighted by atomic mass is 16.5. The molecule has 2 aliphatic rings. The Balaban J connectivity index is 1.48. The number of carbonyl (C=O) groups excluding carboxylic acids is 1. The zero-order chi connectivity index (χ0) is 15.3. The lowest BCUT2D eigenvalue weighted by Gasteiger charge is -2.22. The van der Waals surface area contributed by atoms with Crippen molar-refractivity contribution in [2.24, 2.45) is 13.0 Å². The Morgan fingerprint density at radius 2 is 2.32 bits per heavy atom. The smallest absolute Gasteiger partial charge is 0.226 e. The fraction of sp³-hybridized carbons (Fsp3) is 0.600. The standard InChI is InChI=1S/C15H19N5O2/c1-9-17-14(18-22-9)13-4-3-5-20(13)15(21)12-6-11(12)10-7-16-19(2)8-10/h7-8,11-13H,3-6H2,1-2H3/t11-,12-,13-/m0/s1. The summed E-state index contributed by atoms with van der Waals surface area (Å²) in [6, 6.07) is -0.0277. The second-order valence-electron chi connectivity index (χ2n) is 6.26. The first-order valence-corrected chi connectivity index (χ1v) is 7.72. The average molecular weight is 301 g/mol. The van der Waals surface area contributed by atoms with Crippen molar-refractivity contribution in [1.82, 2.24) is 24.8 Å². The summed E-state index contributed by atoms with van der Waals surface area (Å²) in [5.41, 5.74) is 1.16. The third kappa shape index (κ3) is 2.20. The predicted octanol–water partition coefficient (Wildman–Crippen LogP) is 1.58. The first kappa shape index (κ1) is 13.5. The molecule has 0 radical (unpaired) electrons. The molecular weight excluding hydrogens is 282 g/mol. The van der Waals surface area contributed by atoms with E-state index in [1.54, 1.807) is 11.6 Å². The minimum Gasteiger partial charge on any atom is -0.340 e. The molecule has 0 bridgehead atoms. The molecule has 0 aromatic carbocycles. The molecule has 2 fully saturated rings.